The van der Waals surface area contributed by atoms with Gasteiger partial charge in [-0.1, -0.05) is 13.3 Å². The van der Waals surface area contributed by atoms with Crippen LogP contribution < -0.4 is 4.90 Å². The number of likely N-dealkylation sites (tertiary alicyclic amines) is 1. The van der Waals surface area contributed by atoms with Crippen LogP contribution >= 0.6 is 0 Å². The Labute approximate surface area is 134 Å². The zero-order valence-corrected chi connectivity index (χ0v) is 13.1. The van der Waals surface area contributed by atoms with E-state index in [1.165, 1.54) is 6.07 Å². The summed E-state index contributed by atoms with van der Waals surface area (Å²) in [5.41, 5.74) is 0.103. The number of piperidine rings is 1. The van der Waals surface area contributed by atoms with Crippen LogP contribution in [0.2, 0.25) is 0 Å². The summed E-state index contributed by atoms with van der Waals surface area (Å²) in [7, 11) is 0. The van der Waals surface area contributed by atoms with Crippen molar-refractivity contribution in [2.45, 2.75) is 51.1 Å². The molecule has 2 aliphatic heterocycles. The third-order valence-corrected chi connectivity index (χ3v) is 4.83. The molecule has 3 rings (SSSR count). The van der Waals surface area contributed by atoms with Gasteiger partial charge in [0, 0.05) is 12.1 Å². The van der Waals surface area contributed by atoms with Gasteiger partial charge in [0.25, 0.3) is 5.91 Å². The van der Waals surface area contributed by atoms with E-state index in [2.05, 4.69) is 11.8 Å². The van der Waals surface area contributed by atoms with Crippen LogP contribution in [-0.4, -0.2) is 35.3 Å². The van der Waals surface area contributed by atoms with Crippen LogP contribution in [0.3, 0.4) is 0 Å². The van der Waals surface area contributed by atoms with E-state index < -0.39 is 17.7 Å². The molecule has 23 heavy (non-hydrogen) atoms. The molecule has 0 bridgehead atoms. The fourth-order valence-corrected chi connectivity index (χ4v) is 3.64. The van der Waals surface area contributed by atoms with Crippen molar-refractivity contribution in [2.24, 2.45) is 0 Å². The van der Waals surface area contributed by atoms with Crippen LogP contribution in [0.25, 0.3) is 0 Å². The first kappa shape index (κ1) is 16.1. The minimum atomic E-state index is -1.06. The van der Waals surface area contributed by atoms with Gasteiger partial charge in [0.1, 0.15) is 0 Å². The second kappa shape index (κ2) is 6.35. The zero-order chi connectivity index (χ0) is 16.6. The molecule has 0 aromatic heterocycles. The Morgan fingerprint density at radius 3 is 2.65 bits per heavy atom. The molecule has 6 heteroatoms. The molecule has 2 fully saturated rings. The molecule has 0 aliphatic carbocycles. The van der Waals surface area contributed by atoms with Crippen LogP contribution in [0.5, 0.6) is 0 Å². The van der Waals surface area contributed by atoms with Crippen LogP contribution in [-0.2, 0) is 9.59 Å². The number of nitrogens with zero attached hydrogens (tertiary/aromatic N) is 2. The van der Waals surface area contributed by atoms with Crippen LogP contribution in [0, 0.1) is 11.6 Å². The van der Waals surface area contributed by atoms with E-state index in [9.17, 15) is 18.4 Å². The summed E-state index contributed by atoms with van der Waals surface area (Å²) >= 11 is 0. The van der Waals surface area contributed by atoms with Gasteiger partial charge < -0.3 is 0 Å². The highest BCUT2D eigenvalue weighted by Crippen LogP contribution is 2.31. The Morgan fingerprint density at radius 1 is 1.17 bits per heavy atom. The standard InChI is InChI=1S/C17H20F2N2O2/c1-2-11-5-3-4-8-20(11)15-10-16(22)21(17(15)23)12-6-7-13(18)14(19)9-12/h6-7,9,11,15H,2-5,8,10H2,1H3/t11-,15+/m1/s1. The lowest BCUT2D eigenvalue weighted by Gasteiger charge is -2.38. The lowest BCUT2D eigenvalue weighted by atomic mass is 9.97. The van der Waals surface area contributed by atoms with E-state index in [1.807, 2.05) is 0 Å². The van der Waals surface area contributed by atoms with Gasteiger partial charge in [0.2, 0.25) is 5.91 Å². The first-order valence-corrected chi connectivity index (χ1v) is 8.10. The molecule has 0 spiro atoms. The third kappa shape index (κ3) is 2.87. The van der Waals surface area contributed by atoms with Crippen LogP contribution in [0.15, 0.2) is 18.2 Å². The zero-order valence-electron chi connectivity index (χ0n) is 13.1. The summed E-state index contributed by atoms with van der Waals surface area (Å²) in [6.45, 7) is 2.88. The smallest absolute Gasteiger partial charge is 0.251 e. The average molecular weight is 322 g/mol. The molecule has 124 valence electrons. The molecule has 4 nitrogen and oxygen atoms in total. The number of amides is 2. The summed E-state index contributed by atoms with van der Waals surface area (Å²) in [6.07, 6.45) is 4.22. The van der Waals surface area contributed by atoms with Gasteiger partial charge in [-0.15, -0.1) is 0 Å². The van der Waals surface area contributed by atoms with Gasteiger partial charge in [0.15, 0.2) is 11.6 Å². The second-order valence-electron chi connectivity index (χ2n) is 6.18. The minimum absolute atomic E-state index is 0.103. The van der Waals surface area contributed by atoms with Crippen molar-refractivity contribution >= 4 is 17.5 Å². The maximum atomic E-state index is 13.4. The summed E-state index contributed by atoms with van der Waals surface area (Å²) in [5, 5.41) is 0. The predicted molar refractivity (Wildman–Crippen MR) is 81.9 cm³/mol. The number of hydrogen-bond donors (Lipinski definition) is 0. The Kier molecular flexibility index (Phi) is 4.43. The van der Waals surface area contributed by atoms with Gasteiger partial charge in [-0.3, -0.25) is 14.5 Å². The Bertz CT molecular complexity index is 635. The number of carbonyl (C=O) groups is 2. The van der Waals surface area contributed by atoms with E-state index in [0.29, 0.717) is 6.04 Å². The van der Waals surface area contributed by atoms with Crippen molar-refractivity contribution in [3.05, 3.63) is 29.8 Å². The first-order chi connectivity index (χ1) is 11.0. The maximum absolute atomic E-state index is 13.4. The third-order valence-electron chi connectivity index (χ3n) is 4.83. The monoisotopic (exact) mass is 322 g/mol. The quantitative estimate of drug-likeness (QED) is 0.804. The minimum Gasteiger partial charge on any atom is -0.289 e. The lowest BCUT2D eigenvalue weighted by molar-refractivity contribution is -0.123. The molecular weight excluding hydrogens is 302 g/mol. The highest BCUT2D eigenvalue weighted by Gasteiger charge is 2.44. The van der Waals surface area contributed by atoms with Gasteiger partial charge in [-0.05, 0) is 37.9 Å². The number of imide groups is 1. The van der Waals surface area contributed by atoms with Crippen molar-refractivity contribution < 1.29 is 18.4 Å². The largest absolute Gasteiger partial charge is 0.289 e. The van der Waals surface area contributed by atoms with Gasteiger partial charge >= 0.3 is 0 Å². The van der Waals surface area contributed by atoms with Gasteiger partial charge in [-0.2, -0.15) is 0 Å². The van der Waals surface area contributed by atoms with E-state index in [4.69, 9.17) is 0 Å². The van der Waals surface area contributed by atoms with Crippen molar-refractivity contribution in [2.75, 3.05) is 11.4 Å². The van der Waals surface area contributed by atoms with E-state index in [1.54, 1.807) is 0 Å². The fourth-order valence-electron chi connectivity index (χ4n) is 3.64. The molecule has 1 aromatic carbocycles. The summed E-state index contributed by atoms with van der Waals surface area (Å²) in [5.74, 6) is -2.74. The van der Waals surface area contributed by atoms with Gasteiger partial charge in [0.05, 0.1) is 18.2 Å². The molecule has 2 saturated heterocycles. The molecule has 2 atom stereocenters. The molecule has 2 amide bonds. The van der Waals surface area contributed by atoms with E-state index in [0.717, 1.165) is 49.3 Å². The summed E-state index contributed by atoms with van der Waals surface area (Å²) in [6, 6.07) is 2.93. The first-order valence-electron chi connectivity index (χ1n) is 8.10. The summed E-state index contributed by atoms with van der Waals surface area (Å²) < 4.78 is 26.5. The normalized spacial score (nSPS) is 26.1. The van der Waals surface area contributed by atoms with Crippen molar-refractivity contribution in [3.63, 3.8) is 0 Å². The number of halogens is 2. The molecule has 0 unspecified atom stereocenters. The van der Waals surface area contributed by atoms with Crippen molar-refractivity contribution in [1.29, 1.82) is 0 Å². The Hall–Kier alpha value is -1.82. The van der Waals surface area contributed by atoms with E-state index in [-0.39, 0.29) is 23.9 Å². The fraction of sp³-hybridized carbons (Fsp3) is 0.529. The highest BCUT2D eigenvalue weighted by atomic mass is 19.2. The molecule has 0 radical (unpaired) electrons. The van der Waals surface area contributed by atoms with Crippen LogP contribution in [0.1, 0.15) is 39.0 Å². The summed E-state index contributed by atoms with van der Waals surface area (Å²) in [4.78, 5) is 28.1. The Balaban J connectivity index is 1.86. The number of hydrogen-bond acceptors (Lipinski definition) is 3. The molecule has 0 N–H and O–H groups in total. The highest BCUT2D eigenvalue weighted by molar-refractivity contribution is 6.22. The molecule has 2 heterocycles. The SMILES string of the molecule is CC[C@@H]1CCCCN1[C@H]1CC(=O)N(c2ccc(F)c(F)c2)C1=O. The average Bonchev–Trinajstić information content (AvgIpc) is 2.85. The van der Waals surface area contributed by atoms with Crippen molar-refractivity contribution in [3.8, 4) is 0 Å². The second-order valence-corrected chi connectivity index (χ2v) is 6.18. The molecule has 2 aliphatic rings. The molecular formula is C17H20F2N2O2. The number of anilines is 1. The predicted octanol–water partition coefficient (Wildman–Crippen LogP) is 2.86. The number of benzene rings is 1. The van der Waals surface area contributed by atoms with E-state index >= 15 is 0 Å². The van der Waals surface area contributed by atoms with Gasteiger partial charge in [-0.25, -0.2) is 13.7 Å². The lowest BCUT2D eigenvalue weighted by Crippen LogP contribution is -2.49. The van der Waals surface area contributed by atoms with Crippen LogP contribution in [0.4, 0.5) is 14.5 Å². The maximum Gasteiger partial charge on any atom is 0.251 e. The molecule has 0 saturated carbocycles. The number of rotatable bonds is 3. The topological polar surface area (TPSA) is 40.6 Å². The Morgan fingerprint density at radius 2 is 1.96 bits per heavy atom. The number of carbonyl (C=O) groups excluding carboxylic acids is 2. The molecule has 1 aromatic rings. The van der Waals surface area contributed by atoms with Crippen molar-refractivity contribution in [1.82, 2.24) is 4.90 Å².